The van der Waals surface area contributed by atoms with E-state index in [1.807, 2.05) is 6.92 Å². The average Bonchev–Trinajstić information content (AvgIpc) is 2.82. The van der Waals surface area contributed by atoms with Crippen LogP contribution >= 0.6 is 11.6 Å². The van der Waals surface area contributed by atoms with Crippen LogP contribution in [0.1, 0.15) is 44.1 Å². The number of carboxylic acids is 1. The molecule has 1 aliphatic rings. The van der Waals surface area contributed by atoms with Gasteiger partial charge in [0, 0.05) is 17.1 Å². The molecule has 2 N–H and O–H groups in total. The Balaban J connectivity index is 2.06. The van der Waals surface area contributed by atoms with Crippen LogP contribution in [0.4, 0.5) is 5.69 Å². The first-order valence-corrected chi connectivity index (χ1v) is 7.56. The lowest BCUT2D eigenvalue weighted by molar-refractivity contribution is -0.140. The molecule has 1 fully saturated rings. The lowest BCUT2D eigenvalue weighted by atomic mass is 9.79. The Labute approximate surface area is 129 Å². The van der Waals surface area contributed by atoms with Crippen LogP contribution in [0.2, 0.25) is 5.02 Å². The van der Waals surface area contributed by atoms with Crippen molar-refractivity contribution >= 4 is 29.2 Å². The number of carbonyl (C=O) groups excluding carboxylic acids is 1. The third-order valence-electron chi connectivity index (χ3n) is 4.27. The molecule has 0 unspecified atom stereocenters. The Hall–Kier alpha value is -1.55. The third-order valence-corrected chi connectivity index (χ3v) is 4.68. The van der Waals surface area contributed by atoms with Crippen molar-refractivity contribution in [1.82, 2.24) is 0 Å². The summed E-state index contributed by atoms with van der Waals surface area (Å²) in [4.78, 5) is 23.3. The molecule has 5 heteroatoms. The van der Waals surface area contributed by atoms with Gasteiger partial charge >= 0.3 is 5.97 Å². The largest absolute Gasteiger partial charge is 0.481 e. The summed E-state index contributed by atoms with van der Waals surface area (Å²) >= 11 is 6.03. The fourth-order valence-electron chi connectivity index (χ4n) is 3.14. The number of benzene rings is 1. The van der Waals surface area contributed by atoms with Crippen LogP contribution < -0.4 is 5.32 Å². The molecular formula is C16H20ClNO3. The summed E-state index contributed by atoms with van der Waals surface area (Å²) < 4.78 is 0. The van der Waals surface area contributed by atoms with Crippen molar-refractivity contribution in [2.45, 2.75) is 45.4 Å². The highest BCUT2D eigenvalue weighted by atomic mass is 35.5. The summed E-state index contributed by atoms with van der Waals surface area (Å²) in [5, 5.41) is 12.5. The molecule has 0 saturated heterocycles. The van der Waals surface area contributed by atoms with Crippen LogP contribution in [0.15, 0.2) is 18.2 Å². The molecule has 21 heavy (non-hydrogen) atoms. The van der Waals surface area contributed by atoms with E-state index >= 15 is 0 Å². The molecule has 0 aromatic heterocycles. The smallest absolute Gasteiger partial charge is 0.303 e. The minimum Gasteiger partial charge on any atom is -0.481 e. The van der Waals surface area contributed by atoms with Gasteiger partial charge in [0.2, 0.25) is 5.91 Å². The van der Waals surface area contributed by atoms with Gasteiger partial charge < -0.3 is 10.4 Å². The monoisotopic (exact) mass is 309 g/mol. The molecule has 1 aromatic carbocycles. The molecule has 0 radical (unpaired) electrons. The molecule has 0 spiro atoms. The fourth-order valence-corrected chi connectivity index (χ4v) is 3.31. The Morgan fingerprint density at radius 1 is 1.29 bits per heavy atom. The third kappa shape index (κ3) is 3.97. The Bertz CT molecular complexity index is 550. The SMILES string of the molecule is Cc1c(Cl)cccc1NC(=O)CC1(CC(=O)O)CCCC1. The van der Waals surface area contributed by atoms with Gasteiger partial charge in [0.25, 0.3) is 0 Å². The van der Waals surface area contributed by atoms with Crippen LogP contribution in [0.3, 0.4) is 0 Å². The number of nitrogens with one attached hydrogen (secondary N) is 1. The van der Waals surface area contributed by atoms with Gasteiger partial charge in [0.1, 0.15) is 0 Å². The van der Waals surface area contributed by atoms with Crippen molar-refractivity contribution in [3.63, 3.8) is 0 Å². The topological polar surface area (TPSA) is 66.4 Å². The number of anilines is 1. The summed E-state index contributed by atoms with van der Waals surface area (Å²) in [6.07, 6.45) is 3.93. The van der Waals surface area contributed by atoms with E-state index < -0.39 is 5.97 Å². The Morgan fingerprint density at radius 2 is 1.95 bits per heavy atom. The van der Waals surface area contributed by atoms with E-state index in [1.165, 1.54) is 0 Å². The van der Waals surface area contributed by atoms with Crippen molar-refractivity contribution in [1.29, 1.82) is 0 Å². The predicted molar refractivity (Wildman–Crippen MR) is 82.6 cm³/mol. The second kappa shape index (κ2) is 6.48. The number of carbonyl (C=O) groups is 2. The molecule has 4 nitrogen and oxygen atoms in total. The van der Waals surface area contributed by atoms with Gasteiger partial charge in [-0.05, 0) is 42.9 Å². The first kappa shape index (κ1) is 15.8. The average molecular weight is 310 g/mol. The van der Waals surface area contributed by atoms with Gasteiger partial charge in [0.15, 0.2) is 0 Å². The van der Waals surface area contributed by atoms with Crippen molar-refractivity contribution in [3.8, 4) is 0 Å². The van der Waals surface area contributed by atoms with E-state index in [-0.39, 0.29) is 24.2 Å². The number of hydrogen-bond donors (Lipinski definition) is 2. The summed E-state index contributed by atoms with van der Waals surface area (Å²) in [6.45, 7) is 1.85. The molecule has 1 saturated carbocycles. The second-order valence-electron chi connectivity index (χ2n) is 5.91. The number of amides is 1. The lowest BCUT2D eigenvalue weighted by Crippen LogP contribution is -2.27. The quantitative estimate of drug-likeness (QED) is 0.863. The zero-order chi connectivity index (χ0) is 15.5. The van der Waals surface area contributed by atoms with E-state index in [4.69, 9.17) is 16.7 Å². The molecule has 0 heterocycles. The molecule has 1 aromatic rings. The maximum atomic E-state index is 12.3. The number of carboxylic acid groups (broad SMARTS) is 1. The highest BCUT2D eigenvalue weighted by Crippen LogP contribution is 2.44. The van der Waals surface area contributed by atoms with Crippen LogP contribution in [0.25, 0.3) is 0 Å². The standard InChI is InChI=1S/C16H20ClNO3/c1-11-12(17)5-4-6-13(11)18-14(19)9-16(10-15(20)21)7-2-3-8-16/h4-6H,2-3,7-10H2,1H3,(H,18,19)(H,20,21). The van der Waals surface area contributed by atoms with Crippen molar-refractivity contribution < 1.29 is 14.7 Å². The van der Waals surface area contributed by atoms with E-state index in [2.05, 4.69) is 5.32 Å². The first-order valence-electron chi connectivity index (χ1n) is 7.19. The van der Waals surface area contributed by atoms with Gasteiger partial charge in [0.05, 0.1) is 6.42 Å². The van der Waals surface area contributed by atoms with Crippen molar-refractivity contribution in [3.05, 3.63) is 28.8 Å². The van der Waals surface area contributed by atoms with Gasteiger partial charge in [-0.3, -0.25) is 9.59 Å². The predicted octanol–water partition coefficient (Wildman–Crippen LogP) is 4.01. The molecule has 1 aliphatic carbocycles. The number of rotatable bonds is 5. The highest BCUT2D eigenvalue weighted by Gasteiger charge is 2.38. The van der Waals surface area contributed by atoms with E-state index in [0.717, 1.165) is 31.2 Å². The zero-order valence-corrected chi connectivity index (χ0v) is 12.9. The second-order valence-corrected chi connectivity index (χ2v) is 6.32. The van der Waals surface area contributed by atoms with Gasteiger partial charge in [-0.15, -0.1) is 0 Å². The van der Waals surface area contributed by atoms with E-state index in [9.17, 15) is 9.59 Å². The molecule has 0 aliphatic heterocycles. The van der Waals surface area contributed by atoms with Crippen LogP contribution in [-0.4, -0.2) is 17.0 Å². The molecular weight excluding hydrogens is 290 g/mol. The fraction of sp³-hybridized carbons (Fsp3) is 0.500. The first-order chi connectivity index (χ1) is 9.92. The zero-order valence-electron chi connectivity index (χ0n) is 12.1. The minimum absolute atomic E-state index is 0.0644. The summed E-state index contributed by atoms with van der Waals surface area (Å²) in [5.41, 5.74) is 1.13. The maximum absolute atomic E-state index is 12.3. The van der Waals surface area contributed by atoms with E-state index in [0.29, 0.717) is 10.7 Å². The van der Waals surface area contributed by atoms with Crippen molar-refractivity contribution in [2.24, 2.45) is 5.41 Å². The van der Waals surface area contributed by atoms with E-state index in [1.54, 1.807) is 18.2 Å². The molecule has 114 valence electrons. The van der Waals surface area contributed by atoms with Crippen LogP contribution in [0.5, 0.6) is 0 Å². The molecule has 2 rings (SSSR count). The van der Waals surface area contributed by atoms with Gasteiger partial charge in [-0.2, -0.15) is 0 Å². The number of halogens is 1. The summed E-state index contributed by atoms with van der Waals surface area (Å²) in [5.74, 6) is -0.966. The maximum Gasteiger partial charge on any atom is 0.303 e. The summed E-state index contributed by atoms with van der Waals surface area (Å²) in [7, 11) is 0. The van der Waals surface area contributed by atoms with Gasteiger partial charge in [-0.1, -0.05) is 30.5 Å². The summed E-state index contributed by atoms with van der Waals surface area (Å²) in [6, 6.07) is 5.36. The lowest BCUT2D eigenvalue weighted by Gasteiger charge is -2.26. The molecule has 0 atom stereocenters. The van der Waals surface area contributed by atoms with Gasteiger partial charge in [-0.25, -0.2) is 0 Å². The number of aliphatic carboxylic acids is 1. The molecule has 0 bridgehead atoms. The Morgan fingerprint density at radius 3 is 2.57 bits per heavy atom. The molecule has 1 amide bonds. The highest BCUT2D eigenvalue weighted by molar-refractivity contribution is 6.31. The normalized spacial score (nSPS) is 16.7. The number of hydrogen-bond acceptors (Lipinski definition) is 2. The minimum atomic E-state index is -0.830. The van der Waals surface area contributed by atoms with Crippen LogP contribution in [-0.2, 0) is 9.59 Å². The van der Waals surface area contributed by atoms with Crippen molar-refractivity contribution in [2.75, 3.05) is 5.32 Å². The van der Waals surface area contributed by atoms with Crippen LogP contribution in [0, 0.1) is 12.3 Å². The Kier molecular flexibility index (Phi) is 4.88.